The second-order valence-electron chi connectivity index (χ2n) is 7.64. The summed E-state index contributed by atoms with van der Waals surface area (Å²) in [7, 11) is 2.90. The van der Waals surface area contributed by atoms with Gasteiger partial charge in [-0.25, -0.2) is 4.79 Å². The average molecular weight is 529 g/mol. The number of halogens is 2. The SMILES string of the molecule is COC(=O)C1=C(c2ccc(Cl)cc2)NC(=S)N[C@@H]1c1ccc(OCc2ccc(Cl)cc2)c(OC)c1. The molecule has 0 aromatic heterocycles. The van der Waals surface area contributed by atoms with Gasteiger partial charge in [0.15, 0.2) is 16.6 Å². The Labute approximate surface area is 218 Å². The van der Waals surface area contributed by atoms with Crippen LogP contribution in [-0.2, 0) is 16.1 Å². The van der Waals surface area contributed by atoms with Crippen LogP contribution in [0.3, 0.4) is 0 Å². The Bertz CT molecular complexity index is 1280. The van der Waals surface area contributed by atoms with Gasteiger partial charge in [-0.3, -0.25) is 0 Å². The molecule has 0 bridgehead atoms. The number of carbonyl (C=O) groups is 1. The molecule has 0 unspecified atom stereocenters. The van der Waals surface area contributed by atoms with Crippen LogP contribution in [0.25, 0.3) is 5.70 Å². The summed E-state index contributed by atoms with van der Waals surface area (Å²) >= 11 is 17.5. The van der Waals surface area contributed by atoms with Gasteiger partial charge in [0, 0.05) is 10.0 Å². The zero-order chi connectivity index (χ0) is 24.9. The lowest BCUT2D eigenvalue weighted by molar-refractivity contribution is -0.136. The summed E-state index contributed by atoms with van der Waals surface area (Å²) in [4.78, 5) is 12.9. The minimum Gasteiger partial charge on any atom is -0.493 e. The highest BCUT2D eigenvalue weighted by Gasteiger charge is 2.33. The van der Waals surface area contributed by atoms with Crippen molar-refractivity contribution in [3.63, 3.8) is 0 Å². The molecule has 6 nitrogen and oxygen atoms in total. The molecule has 4 rings (SSSR count). The summed E-state index contributed by atoms with van der Waals surface area (Å²) < 4.78 is 16.7. The predicted octanol–water partition coefficient (Wildman–Crippen LogP) is 5.68. The lowest BCUT2D eigenvalue weighted by atomic mass is 9.92. The van der Waals surface area contributed by atoms with Crippen molar-refractivity contribution >= 4 is 52.2 Å². The molecule has 0 saturated heterocycles. The van der Waals surface area contributed by atoms with Gasteiger partial charge in [-0.1, -0.05) is 53.5 Å². The molecular formula is C26H22Cl2N2O4S. The lowest BCUT2D eigenvalue weighted by Crippen LogP contribution is -2.45. The van der Waals surface area contributed by atoms with Gasteiger partial charge < -0.3 is 24.8 Å². The van der Waals surface area contributed by atoms with Gasteiger partial charge in [0.25, 0.3) is 0 Å². The molecule has 0 saturated carbocycles. The number of thiocarbonyl (C=S) groups is 1. The van der Waals surface area contributed by atoms with Crippen LogP contribution in [0.4, 0.5) is 0 Å². The number of benzene rings is 3. The van der Waals surface area contributed by atoms with Crippen molar-refractivity contribution in [2.45, 2.75) is 12.6 Å². The maximum absolute atomic E-state index is 12.9. The van der Waals surface area contributed by atoms with E-state index in [2.05, 4.69) is 10.6 Å². The molecule has 35 heavy (non-hydrogen) atoms. The molecule has 0 amide bonds. The van der Waals surface area contributed by atoms with Crippen molar-refractivity contribution in [1.82, 2.24) is 10.6 Å². The van der Waals surface area contributed by atoms with Crippen molar-refractivity contribution in [2.75, 3.05) is 14.2 Å². The number of hydrogen-bond donors (Lipinski definition) is 2. The van der Waals surface area contributed by atoms with Crippen LogP contribution in [-0.4, -0.2) is 25.3 Å². The minimum atomic E-state index is -0.582. The Kier molecular flexibility index (Phi) is 7.80. The van der Waals surface area contributed by atoms with Gasteiger partial charge >= 0.3 is 5.97 Å². The lowest BCUT2D eigenvalue weighted by Gasteiger charge is -2.31. The highest BCUT2D eigenvalue weighted by molar-refractivity contribution is 7.80. The largest absolute Gasteiger partial charge is 0.493 e. The van der Waals surface area contributed by atoms with E-state index in [0.29, 0.717) is 44.5 Å². The number of carbonyl (C=O) groups excluding carboxylic acids is 1. The molecule has 0 fully saturated rings. The van der Waals surface area contributed by atoms with Gasteiger partial charge in [0.1, 0.15) is 6.61 Å². The van der Waals surface area contributed by atoms with E-state index in [1.807, 2.05) is 48.5 Å². The second-order valence-corrected chi connectivity index (χ2v) is 8.93. The fourth-order valence-corrected chi connectivity index (χ4v) is 4.19. The van der Waals surface area contributed by atoms with Crippen molar-refractivity contribution in [1.29, 1.82) is 0 Å². The van der Waals surface area contributed by atoms with E-state index in [1.54, 1.807) is 25.3 Å². The monoisotopic (exact) mass is 528 g/mol. The minimum absolute atomic E-state index is 0.344. The number of rotatable bonds is 7. The van der Waals surface area contributed by atoms with Crippen LogP contribution in [0, 0.1) is 0 Å². The Morgan fingerprint density at radius 1 is 0.943 bits per heavy atom. The van der Waals surface area contributed by atoms with Crippen LogP contribution in [0.2, 0.25) is 10.0 Å². The smallest absolute Gasteiger partial charge is 0.338 e. The Hall–Kier alpha value is -3.26. The first-order valence-corrected chi connectivity index (χ1v) is 11.8. The van der Waals surface area contributed by atoms with Crippen molar-refractivity contribution in [3.8, 4) is 11.5 Å². The van der Waals surface area contributed by atoms with E-state index >= 15 is 0 Å². The summed E-state index contributed by atoms with van der Waals surface area (Å²) in [6.45, 7) is 0.344. The fourth-order valence-electron chi connectivity index (χ4n) is 3.71. The Balaban J connectivity index is 1.70. The maximum Gasteiger partial charge on any atom is 0.338 e. The fraction of sp³-hybridized carbons (Fsp3) is 0.154. The molecule has 1 aliphatic heterocycles. The number of esters is 1. The normalized spacial score (nSPS) is 15.2. The molecule has 3 aromatic carbocycles. The summed E-state index contributed by atoms with van der Waals surface area (Å²) in [6, 6.07) is 19.4. The molecule has 1 aliphatic rings. The molecule has 0 radical (unpaired) electrons. The third-order valence-electron chi connectivity index (χ3n) is 5.44. The molecule has 0 aliphatic carbocycles. The van der Waals surface area contributed by atoms with E-state index in [4.69, 9.17) is 49.6 Å². The number of nitrogens with one attached hydrogen (secondary N) is 2. The molecule has 9 heteroatoms. The molecule has 3 aromatic rings. The molecule has 0 spiro atoms. The van der Waals surface area contributed by atoms with E-state index in [1.165, 1.54) is 7.11 Å². The van der Waals surface area contributed by atoms with Gasteiger partial charge in [0.05, 0.1) is 31.5 Å². The molecule has 1 heterocycles. The average Bonchev–Trinajstić information content (AvgIpc) is 2.87. The molecule has 180 valence electrons. The van der Waals surface area contributed by atoms with Crippen LogP contribution >= 0.6 is 35.4 Å². The standard InChI is InChI=1S/C26H22Cl2N2O4S/c1-32-21-13-17(7-12-20(21)34-14-15-3-8-18(27)9-4-15)24-22(25(31)33-2)23(29-26(35)30-24)16-5-10-19(28)11-6-16/h3-13,24H,14H2,1-2H3,(H2,29,30,35)/t24-/m1/s1. The second kappa shape index (κ2) is 11.0. The third-order valence-corrected chi connectivity index (χ3v) is 6.16. The molecule has 1 atom stereocenters. The van der Waals surface area contributed by atoms with Crippen LogP contribution < -0.4 is 20.1 Å². The van der Waals surface area contributed by atoms with Gasteiger partial charge in [-0.2, -0.15) is 0 Å². The van der Waals surface area contributed by atoms with E-state index in [0.717, 1.165) is 16.7 Å². The third kappa shape index (κ3) is 5.70. The van der Waals surface area contributed by atoms with Crippen LogP contribution in [0.1, 0.15) is 22.7 Å². The van der Waals surface area contributed by atoms with Crippen LogP contribution in [0.5, 0.6) is 11.5 Å². The quantitative estimate of drug-likeness (QED) is 0.301. The number of methoxy groups -OCH3 is 2. The van der Waals surface area contributed by atoms with Crippen molar-refractivity contribution < 1.29 is 19.0 Å². The number of hydrogen-bond acceptors (Lipinski definition) is 5. The summed E-state index contributed by atoms with van der Waals surface area (Å²) in [5.74, 6) is 0.577. The van der Waals surface area contributed by atoms with Gasteiger partial charge in [-0.15, -0.1) is 0 Å². The maximum atomic E-state index is 12.9. The topological polar surface area (TPSA) is 68.8 Å². The highest BCUT2D eigenvalue weighted by Crippen LogP contribution is 2.37. The summed E-state index contributed by atoms with van der Waals surface area (Å²) in [6.07, 6.45) is 0. The highest BCUT2D eigenvalue weighted by atomic mass is 35.5. The zero-order valence-corrected chi connectivity index (χ0v) is 21.3. The summed E-state index contributed by atoms with van der Waals surface area (Å²) in [5, 5.41) is 7.88. The predicted molar refractivity (Wildman–Crippen MR) is 141 cm³/mol. The first kappa shape index (κ1) is 24.9. The van der Waals surface area contributed by atoms with Crippen molar-refractivity contribution in [3.05, 3.63) is 99.0 Å². The van der Waals surface area contributed by atoms with Gasteiger partial charge in [0.2, 0.25) is 0 Å². The Morgan fingerprint density at radius 3 is 2.23 bits per heavy atom. The summed E-state index contributed by atoms with van der Waals surface area (Å²) in [5.41, 5.74) is 3.38. The van der Waals surface area contributed by atoms with Gasteiger partial charge in [-0.05, 0) is 65.3 Å². The first-order chi connectivity index (χ1) is 16.9. The zero-order valence-electron chi connectivity index (χ0n) is 18.9. The molecular weight excluding hydrogens is 507 g/mol. The van der Waals surface area contributed by atoms with E-state index in [-0.39, 0.29) is 0 Å². The molecule has 2 N–H and O–H groups in total. The van der Waals surface area contributed by atoms with Crippen molar-refractivity contribution in [2.24, 2.45) is 0 Å². The Morgan fingerprint density at radius 2 is 1.60 bits per heavy atom. The first-order valence-electron chi connectivity index (χ1n) is 10.6. The van der Waals surface area contributed by atoms with E-state index < -0.39 is 12.0 Å². The van der Waals surface area contributed by atoms with Crippen LogP contribution in [0.15, 0.2) is 72.3 Å². The number of ether oxygens (including phenoxy) is 3. The van der Waals surface area contributed by atoms with E-state index in [9.17, 15) is 4.79 Å².